The molecule has 2 nitrogen and oxygen atoms in total. The number of ketones is 1. The second-order valence-corrected chi connectivity index (χ2v) is 3.51. The summed E-state index contributed by atoms with van der Waals surface area (Å²) in [6.45, 7) is 4.09. The monoisotopic (exact) mass is 192 g/mol. The van der Waals surface area contributed by atoms with E-state index in [4.69, 9.17) is 4.74 Å². The molecule has 0 heterocycles. The highest BCUT2D eigenvalue weighted by atomic mass is 16.5. The molecule has 0 saturated carbocycles. The topological polar surface area (TPSA) is 26.3 Å². The van der Waals surface area contributed by atoms with E-state index in [0.29, 0.717) is 13.0 Å². The summed E-state index contributed by atoms with van der Waals surface area (Å²) >= 11 is 0. The molecular weight excluding hydrogens is 176 g/mol. The molecule has 0 unspecified atom stereocenters. The van der Waals surface area contributed by atoms with Gasteiger partial charge in [-0.3, -0.25) is 4.79 Å². The summed E-state index contributed by atoms with van der Waals surface area (Å²) in [5.74, 6) is 0.172. The third kappa shape index (κ3) is 4.19. The van der Waals surface area contributed by atoms with Crippen LogP contribution in [0.5, 0.6) is 0 Å². The van der Waals surface area contributed by atoms with E-state index < -0.39 is 0 Å². The molecule has 0 spiro atoms. The SMILES string of the molecule is CC(=O)C[C@@H](C)OCc1ccccc1. The lowest BCUT2D eigenvalue weighted by Crippen LogP contribution is -2.11. The molecule has 14 heavy (non-hydrogen) atoms. The van der Waals surface area contributed by atoms with Crippen molar-refractivity contribution in [2.24, 2.45) is 0 Å². The fourth-order valence-electron chi connectivity index (χ4n) is 1.28. The van der Waals surface area contributed by atoms with Crippen molar-refractivity contribution < 1.29 is 9.53 Å². The van der Waals surface area contributed by atoms with Crippen LogP contribution >= 0.6 is 0 Å². The zero-order valence-corrected chi connectivity index (χ0v) is 8.69. The van der Waals surface area contributed by atoms with Gasteiger partial charge in [0, 0.05) is 6.42 Å². The fourth-order valence-corrected chi connectivity index (χ4v) is 1.28. The Morgan fingerprint density at radius 1 is 1.36 bits per heavy atom. The van der Waals surface area contributed by atoms with Crippen LogP contribution in [0.2, 0.25) is 0 Å². The summed E-state index contributed by atoms with van der Waals surface area (Å²) < 4.78 is 5.52. The first kappa shape index (κ1) is 10.9. The van der Waals surface area contributed by atoms with Crippen LogP contribution in [0.1, 0.15) is 25.8 Å². The molecule has 0 radical (unpaired) electrons. The molecule has 1 rings (SSSR count). The minimum atomic E-state index is 0.00714. The summed E-state index contributed by atoms with van der Waals surface area (Å²) in [7, 11) is 0. The Bertz CT molecular complexity index is 280. The van der Waals surface area contributed by atoms with Gasteiger partial charge in [0.25, 0.3) is 0 Å². The van der Waals surface area contributed by atoms with Gasteiger partial charge >= 0.3 is 0 Å². The third-order valence-electron chi connectivity index (χ3n) is 1.95. The number of hydrogen-bond donors (Lipinski definition) is 0. The van der Waals surface area contributed by atoms with Crippen LogP contribution in [0, 0.1) is 0 Å². The van der Waals surface area contributed by atoms with Gasteiger partial charge in [-0.15, -0.1) is 0 Å². The fraction of sp³-hybridized carbons (Fsp3) is 0.417. The molecule has 0 aliphatic heterocycles. The van der Waals surface area contributed by atoms with E-state index >= 15 is 0 Å². The first-order chi connectivity index (χ1) is 6.68. The highest BCUT2D eigenvalue weighted by molar-refractivity contribution is 5.75. The molecule has 1 aromatic carbocycles. The van der Waals surface area contributed by atoms with Crippen LogP contribution in [-0.2, 0) is 16.1 Å². The number of hydrogen-bond acceptors (Lipinski definition) is 2. The summed E-state index contributed by atoms with van der Waals surface area (Å²) in [5, 5.41) is 0. The van der Waals surface area contributed by atoms with E-state index in [1.54, 1.807) is 6.92 Å². The molecule has 0 amide bonds. The lowest BCUT2D eigenvalue weighted by atomic mass is 10.2. The van der Waals surface area contributed by atoms with E-state index in [1.807, 2.05) is 37.3 Å². The van der Waals surface area contributed by atoms with Crippen molar-refractivity contribution in [3.8, 4) is 0 Å². The van der Waals surface area contributed by atoms with E-state index in [0.717, 1.165) is 5.56 Å². The van der Waals surface area contributed by atoms with Crippen molar-refractivity contribution >= 4 is 5.78 Å². The molecule has 1 atom stereocenters. The van der Waals surface area contributed by atoms with Crippen LogP contribution in [-0.4, -0.2) is 11.9 Å². The van der Waals surface area contributed by atoms with Crippen LogP contribution in [0.3, 0.4) is 0 Å². The lowest BCUT2D eigenvalue weighted by Gasteiger charge is -2.10. The number of ether oxygens (including phenoxy) is 1. The van der Waals surface area contributed by atoms with Crippen LogP contribution in [0.25, 0.3) is 0 Å². The minimum Gasteiger partial charge on any atom is -0.373 e. The molecule has 0 aromatic heterocycles. The second kappa shape index (κ2) is 5.55. The molecule has 0 bridgehead atoms. The number of carbonyl (C=O) groups is 1. The molecule has 2 heteroatoms. The van der Waals surface area contributed by atoms with Crippen molar-refractivity contribution in [3.63, 3.8) is 0 Å². The summed E-state index contributed by atoms with van der Waals surface area (Å²) in [6, 6.07) is 9.96. The quantitative estimate of drug-likeness (QED) is 0.716. The number of Topliss-reactive ketones (excluding diaryl/α,β-unsaturated/α-hetero) is 1. The van der Waals surface area contributed by atoms with Crippen LogP contribution < -0.4 is 0 Å². The number of benzene rings is 1. The molecule has 0 saturated heterocycles. The van der Waals surface area contributed by atoms with Gasteiger partial charge in [0.1, 0.15) is 5.78 Å². The van der Waals surface area contributed by atoms with Crippen LogP contribution in [0.4, 0.5) is 0 Å². The Morgan fingerprint density at radius 2 is 2.00 bits per heavy atom. The van der Waals surface area contributed by atoms with Crippen molar-refractivity contribution in [2.45, 2.75) is 33.0 Å². The van der Waals surface area contributed by atoms with Gasteiger partial charge in [-0.25, -0.2) is 0 Å². The molecule has 0 N–H and O–H groups in total. The van der Waals surface area contributed by atoms with E-state index in [9.17, 15) is 4.79 Å². The Kier molecular flexibility index (Phi) is 4.33. The van der Waals surface area contributed by atoms with E-state index in [-0.39, 0.29) is 11.9 Å². The average molecular weight is 192 g/mol. The molecule has 1 aromatic rings. The Morgan fingerprint density at radius 3 is 2.57 bits per heavy atom. The van der Waals surface area contributed by atoms with Crippen molar-refractivity contribution in [3.05, 3.63) is 35.9 Å². The van der Waals surface area contributed by atoms with Crippen molar-refractivity contribution in [1.82, 2.24) is 0 Å². The van der Waals surface area contributed by atoms with Gasteiger partial charge in [-0.05, 0) is 19.4 Å². The first-order valence-electron chi connectivity index (χ1n) is 4.83. The zero-order chi connectivity index (χ0) is 10.4. The number of carbonyl (C=O) groups excluding carboxylic acids is 1. The van der Waals surface area contributed by atoms with Gasteiger partial charge in [0.05, 0.1) is 12.7 Å². The number of rotatable bonds is 5. The van der Waals surface area contributed by atoms with Crippen molar-refractivity contribution in [2.75, 3.05) is 0 Å². The summed E-state index contributed by atoms with van der Waals surface area (Å²) in [4.78, 5) is 10.8. The standard InChI is InChI=1S/C12H16O2/c1-10(13)8-11(2)14-9-12-6-4-3-5-7-12/h3-7,11H,8-9H2,1-2H3/t11-/m1/s1. The third-order valence-corrected chi connectivity index (χ3v) is 1.95. The largest absolute Gasteiger partial charge is 0.373 e. The predicted molar refractivity (Wildman–Crippen MR) is 56.0 cm³/mol. The van der Waals surface area contributed by atoms with Gasteiger partial charge in [0.2, 0.25) is 0 Å². The molecule has 0 fully saturated rings. The average Bonchev–Trinajstić information content (AvgIpc) is 2.15. The van der Waals surface area contributed by atoms with Crippen molar-refractivity contribution in [1.29, 1.82) is 0 Å². The van der Waals surface area contributed by atoms with Gasteiger partial charge in [0.15, 0.2) is 0 Å². The van der Waals surface area contributed by atoms with Crippen LogP contribution in [0.15, 0.2) is 30.3 Å². The van der Waals surface area contributed by atoms with E-state index in [1.165, 1.54) is 0 Å². The normalized spacial score (nSPS) is 12.4. The second-order valence-electron chi connectivity index (χ2n) is 3.51. The maximum atomic E-state index is 10.8. The zero-order valence-electron chi connectivity index (χ0n) is 8.69. The Balaban J connectivity index is 2.30. The highest BCUT2D eigenvalue weighted by Gasteiger charge is 2.05. The smallest absolute Gasteiger partial charge is 0.132 e. The Labute approximate surface area is 84.9 Å². The molecule has 0 aliphatic carbocycles. The lowest BCUT2D eigenvalue weighted by molar-refractivity contribution is -0.119. The Hall–Kier alpha value is -1.15. The summed E-state index contributed by atoms with van der Waals surface area (Å²) in [5.41, 5.74) is 1.14. The minimum absolute atomic E-state index is 0.00714. The highest BCUT2D eigenvalue weighted by Crippen LogP contribution is 2.05. The predicted octanol–water partition coefficient (Wildman–Crippen LogP) is 2.57. The summed E-state index contributed by atoms with van der Waals surface area (Å²) in [6.07, 6.45) is 0.500. The van der Waals surface area contributed by atoms with E-state index in [2.05, 4.69) is 0 Å². The maximum absolute atomic E-state index is 10.8. The maximum Gasteiger partial charge on any atom is 0.132 e. The molecular formula is C12H16O2. The molecule has 76 valence electrons. The van der Waals surface area contributed by atoms with Gasteiger partial charge in [-0.2, -0.15) is 0 Å². The first-order valence-corrected chi connectivity index (χ1v) is 4.83. The van der Waals surface area contributed by atoms with Gasteiger partial charge in [-0.1, -0.05) is 30.3 Å². The van der Waals surface area contributed by atoms with Gasteiger partial charge < -0.3 is 4.74 Å². The molecule has 0 aliphatic rings.